The van der Waals surface area contributed by atoms with Gasteiger partial charge in [-0.15, -0.1) is 0 Å². The number of aromatic nitrogens is 4. The molecule has 262 valence electrons. The van der Waals surface area contributed by atoms with Gasteiger partial charge < -0.3 is 8.98 Å². The maximum atomic E-state index is 6.31. The van der Waals surface area contributed by atoms with Gasteiger partial charge in [0.2, 0.25) is 0 Å². The Morgan fingerprint density at radius 2 is 0.839 bits per heavy atom. The summed E-state index contributed by atoms with van der Waals surface area (Å²) in [5, 5.41) is 4.51. The van der Waals surface area contributed by atoms with Gasteiger partial charge in [0.25, 0.3) is 0 Å². The van der Waals surface area contributed by atoms with Crippen molar-refractivity contribution in [1.82, 2.24) is 19.5 Å². The highest BCUT2D eigenvalue weighted by molar-refractivity contribution is 6.10. The number of hydrogen-bond donors (Lipinski definition) is 0. The molecule has 11 aromatic rings. The summed E-state index contributed by atoms with van der Waals surface area (Å²) in [5.74, 6) is 1.76. The maximum Gasteiger partial charge on any atom is 0.166 e. The summed E-state index contributed by atoms with van der Waals surface area (Å²) in [4.78, 5) is 15.6. The summed E-state index contributed by atoms with van der Waals surface area (Å²) in [7, 11) is 0. The van der Waals surface area contributed by atoms with Crippen molar-refractivity contribution in [3.8, 4) is 62.1 Å². The minimum Gasteiger partial charge on any atom is -0.456 e. The number of nitrogens with zero attached hydrogens (tertiary/aromatic N) is 4. The zero-order valence-electron chi connectivity index (χ0n) is 30.2. The summed E-state index contributed by atoms with van der Waals surface area (Å²) in [6, 6.07) is 67.6. The quantitative estimate of drug-likeness (QED) is 0.172. The van der Waals surface area contributed by atoms with E-state index < -0.39 is 0 Å². The summed E-state index contributed by atoms with van der Waals surface area (Å²) >= 11 is 0. The third-order valence-corrected chi connectivity index (χ3v) is 10.7. The van der Waals surface area contributed by atoms with E-state index in [9.17, 15) is 0 Å². The van der Waals surface area contributed by atoms with Gasteiger partial charge in [0.15, 0.2) is 17.5 Å². The molecule has 0 amide bonds. The number of benzene rings is 8. The van der Waals surface area contributed by atoms with Crippen molar-refractivity contribution >= 4 is 43.7 Å². The van der Waals surface area contributed by atoms with Crippen LogP contribution >= 0.6 is 0 Å². The molecule has 11 rings (SSSR count). The van der Waals surface area contributed by atoms with Crippen LogP contribution in [0.15, 0.2) is 199 Å². The van der Waals surface area contributed by atoms with Crippen molar-refractivity contribution in [3.63, 3.8) is 0 Å². The second kappa shape index (κ2) is 13.0. The highest BCUT2D eigenvalue weighted by atomic mass is 16.3. The zero-order valence-corrected chi connectivity index (χ0v) is 30.2. The lowest BCUT2D eigenvalue weighted by Gasteiger charge is -2.17. The molecule has 3 aromatic heterocycles. The molecule has 0 fully saturated rings. The molecule has 0 saturated carbocycles. The predicted molar refractivity (Wildman–Crippen MR) is 229 cm³/mol. The van der Waals surface area contributed by atoms with E-state index in [2.05, 4.69) is 144 Å². The van der Waals surface area contributed by atoms with Gasteiger partial charge in [-0.2, -0.15) is 0 Å². The van der Waals surface area contributed by atoms with Crippen molar-refractivity contribution < 1.29 is 4.42 Å². The Labute approximate surface area is 322 Å². The summed E-state index contributed by atoms with van der Waals surface area (Å²) < 4.78 is 8.67. The Morgan fingerprint density at radius 1 is 0.321 bits per heavy atom. The van der Waals surface area contributed by atoms with Crippen LogP contribution in [-0.4, -0.2) is 19.5 Å². The standard InChI is InChI=1S/C51H32N4O/c1-3-14-33(15-4-1)35-18-13-19-36(30-35)37-26-29-43(46(31-37)55-44-23-10-7-20-39(44)40-21-8-11-24-45(40)55)51-53-49(34-16-5-2-6-17-34)52-50(54-51)38-27-28-42-41-22-9-12-25-47(41)56-48(42)32-38/h1-32H. The van der Waals surface area contributed by atoms with E-state index in [0.717, 1.165) is 66.5 Å². The van der Waals surface area contributed by atoms with Gasteiger partial charge in [-0.1, -0.05) is 146 Å². The Balaban J connectivity index is 1.17. The van der Waals surface area contributed by atoms with E-state index >= 15 is 0 Å². The number of fused-ring (bicyclic) bond motifs is 6. The Bertz CT molecular complexity index is 3200. The number of para-hydroxylation sites is 3. The second-order valence-electron chi connectivity index (χ2n) is 14.0. The molecule has 5 heteroatoms. The van der Waals surface area contributed by atoms with Gasteiger partial charge in [-0.25, -0.2) is 15.0 Å². The fraction of sp³-hybridized carbons (Fsp3) is 0. The second-order valence-corrected chi connectivity index (χ2v) is 14.0. The molecular formula is C51H32N4O. The normalized spacial score (nSPS) is 11.6. The van der Waals surface area contributed by atoms with Crippen LogP contribution in [0.1, 0.15) is 0 Å². The SMILES string of the molecule is c1ccc(-c2cccc(-c3ccc(-c4nc(-c5ccccc5)nc(-c5ccc6c(c5)oc5ccccc56)n4)c(-n4c5ccccc5c5ccccc54)c3)c2)cc1. The lowest BCUT2D eigenvalue weighted by atomic mass is 9.97. The highest BCUT2D eigenvalue weighted by Gasteiger charge is 2.21. The minimum atomic E-state index is 0.573. The van der Waals surface area contributed by atoms with Crippen LogP contribution in [0.3, 0.4) is 0 Å². The summed E-state index contributed by atoms with van der Waals surface area (Å²) in [5.41, 5.74) is 12.1. The Morgan fingerprint density at radius 3 is 1.57 bits per heavy atom. The van der Waals surface area contributed by atoms with Crippen LogP contribution in [-0.2, 0) is 0 Å². The highest BCUT2D eigenvalue weighted by Crippen LogP contribution is 2.39. The van der Waals surface area contributed by atoms with E-state index in [4.69, 9.17) is 19.4 Å². The van der Waals surface area contributed by atoms with E-state index in [1.165, 1.54) is 21.9 Å². The van der Waals surface area contributed by atoms with Crippen LogP contribution in [0.4, 0.5) is 0 Å². The predicted octanol–water partition coefficient (Wildman–Crippen LogP) is 13.2. The summed E-state index contributed by atoms with van der Waals surface area (Å²) in [6.45, 7) is 0. The third-order valence-electron chi connectivity index (χ3n) is 10.7. The smallest absolute Gasteiger partial charge is 0.166 e. The van der Waals surface area contributed by atoms with Crippen molar-refractivity contribution in [2.24, 2.45) is 0 Å². The van der Waals surface area contributed by atoms with Crippen molar-refractivity contribution in [2.45, 2.75) is 0 Å². The molecule has 0 aliphatic heterocycles. The lowest BCUT2D eigenvalue weighted by molar-refractivity contribution is 0.669. The Kier molecular flexibility index (Phi) is 7.42. The molecular weight excluding hydrogens is 685 g/mol. The average molecular weight is 717 g/mol. The molecule has 0 radical (unpaired) electrons. The molecule has 56 heavy (non-hydrogen) atoms. The number of rotatable bonds is 6. The topological polar surface area (TPSA) is 56.7 Å². The molecule has 5 nitrogen and oxygen atoms in total. The lowest BCUT2D eigenvalue weighted by Crippen LogP contribution is -2.04. The van der Waals surface area contributed by atoms with Gasteiger partial charge in [-0.3, -0.25) is 0 Å². The van der Waals surface area contributed by atoms with E-state index in [1.54, 1.807) is 0 Å². The van der Waals surface area contributed by atoms with Gasteiger partial charge >= 0.3 is 0 Å². The first-order valence-electron chi connectivity index (χ1n) is 18.8. The Hall–Kier alpha value is -7.63. The summed E-state index contributed by atoms with van der Waals surface area (Å²) in [6.07, 6.45) is 0. The molecule has 0 N–H and O–H groups in total. The fourth-order valence-electron chi connectivity index (χ4n) is 7.98. The largest absolute Gasteiger partial charge is 0.456 e. The molecule has 0 bridgehead atoms. The van der Waals surface area contributed by atoms with Crippen molar-refractivity contribution in [2.75, 3.05) is 0 Å². The molecule has 0 saturated heterocycles. The van der Waals surface area contributed by atoms with Gasteiger partial charge in [0.05, 0.1) is 16.7 Å². The van der Waals surface area contributed by atoms with Crippen LogP contribution in [0, 0.1) is 0 Å². The minimum absolute atomic E-state index is 0.573. The van der Waals surface area contributed by atoms with Gasteiger partial charge in [-0.05, 0) is 70.8 Å². The van der Waals surface area contributed by atoms with Gasteiger partial charge in [0.1, 0.15) is 11.2 Å². The third kappa shape index (κ3) is 5.37. The first-order valence-corrected chi connectivity index (χ1v) is 18.8. The van der Waals surface area contributed by atoms with E-state index in [0.29, 0.717) is 17.5 Å². The van der Waals surface area contributed by atoms with Crippen LogP contribution in [0.25, 0.3) is 106 Å². The molecule has 0 unspecified atom stereocenters. The first kappa shape index (κ1) is 31.9. The zero-order chi connectivity index (χ0) is 37.0. The average Bonchev–Trinajstić information content (AvgIpc) is 3.82. The molecule has 0 aliphatic rings. The fourth-order valence-corrected chi connectivity index (χ4v) is 7.98. The van der Waals surface area contributed by atoms with Crippen LogP contribution < -0.4 is 0 Å². The number of furan rings is 1. The monoisotopic (exact) mass is 716 g/mol. The van der Waals surface area contributed by atoms with E-state index in [1.807, 2.05) is 54.6 Å². The van der Waals surface area contributed by atoms with Crippen LogP contribution in [0.5, 0.6) is 0 Å². The molecule has 0 spiro atoms. The van der Waals surface area contributed by atoms with E-state index in [-0.39, 0.29) is 0 Å². The van der Waals surface area contributed by atoms with Gasteiger partial charge in [0, 0.05) is 38.2 Å². The molecule has 0 aliphatic carbocycles. The van der Waals surface area contributed by atoms with Crippen molar-refractivity contribution in [1.29, 1.82) is 0 Å². The number of hydrogen-bond acceptors (Lipinski definition) is 4. The first-order chi connectivity index (χ1) is 27.7. The maximum absolute atomic E-state index is 6.31. The molecule has 0 atom stereocenters. The van der Waals surface area contributed by atoms with Crippen molar-refractivity contribution in [3.05, 3.63) is 194 Å². The molecule has 8 aromatic carbocycles. The van der Waals surface area contributed by atoms with Crippen LogP contribution in [0.2, 0.25) is 0 Å². The molecule has 3 heterocycles.